The van der Waals surface area contributed by atoms with Crippen molar-refractivity contribution in [3.05, 3.63) is 34.9 Å². The van der Waals surface area contributed by atoms with Crippen molar-refractivity contribution in [2.75, 3.05) is 0 Å². The summed E-state index contributed by atoms with van der Waals surface area (Å²) in [6.07, 6.45) is 0.653. The van der Waals surface area contributed by atoms with Crippen molar-refractivity contribution in [3.8, 4) is 0 Å². The van der Waals surface area contributed by atoms with Gasteiger partial charge < -0.3 is 15.7 Å². The van der Waals surface area contributed by atoms with E-state index in [1.165, 1.54) is 6.92 Å². The molecule has 7 heteroatoms. The standard InChI is InChI=1S/C16H21ClN2O4/c1-4-9(2)13(15(21)18-10(3)16(22)23)19-14(20)11-5-7-12(17)8-6-11/h5-10,13H,4H2,1-3H3,(H,18,21)(H,19,20)(H,22,23)/t9?,10-,13?/m0/s1. The van der Waals surface area contributed by atoms with Gasteiger partial charge in [0, 0.05) is 10.6 Å². The normalized spacial score (nSPS) is 14.4. The lowest BCUT2D eigenvalue weighted by Gasteiger charge is -2.24. The molecule has 0 aliphatic rings. The van der Waals surface area contributed by atoms with Gasteiger partial charge in [0.05, 0.1) is 0 Å². The molecule has 3 atom stereocenters. The molecule has 1 rings (SSSR count). The molecule has 126 valence electrons. The van der Waals surface area contributed by atoms with E-state index < -0.39 is 29.9 Å². The predicted molar refractivity (Wildman–Crippen MR) is 87.4 cm³/mol. The Hall–Kier alpha value is -2.08. The van der Waals surface area contributed by atoms with Crippen molar-refractivity contribution in [2.24, 2.45) is 5.92 Å². The molecule has 0 aliphatic heterocycles. The average Bonchev–Trinajstić information content (AvgIpc) is 2.51. The highest BCUT2D eigenvalue weighted by molar-refractivity contribution is 6.30. The number of carbonyl (C=O) groups is 3. The molecule has 0 aliphatic carbocycles. The summed E-state index contributed by atoms with van der Waals surface area (Å²) in [7, 11) is 0. The van der Waals surface area contributed by atoms with Crippen molar-refractivity contribution in [1.82, 2.24) is 10.6 Å². The van der Waals surface area contributed by atoms with Gasteiger partial charge in [-0.15, -0.1) is 0 Å². The first kappa shape index (κ1) is 19.0. The lowest BCUT2D eigenvalue weighted by Crippen LogP contribution is -2.53. The van der Waals surface area contributed by atoms with Crippen LogP contribution in [0.3, 0.4) is 0 Å². The predicted octanol–water partition coefficient (Wildman–Crippen LogP) is 2.07. The van der Waals surface area contributed by atoms with Crippen LogP contribution in [0.2, 0.25) is 5.02 Å². The highest BCUT2D eigenvalue weighted by Gasteiger charge is 2.28. The van der Waals surface area contributed by atoms with E-state index in [1.807, 2.05) is 13.8 Å². The van der Waals surface area contributed by atoms with Crippen LogP contribution in [0.1, 0.15) is 37.6 Å². The second-order valence-electron chi connectivity index (χ2n) is 5.41. The Morgan fingerprint density at radius 3 is 2.17 bits per heavy atom. The minimum atomic E-state index is -1.13. The van der Waals surface area contributed by atoms with Crippen molar-refractivity contribution < 1.29 is 19.5 Å². The van der Waals surface area contributed by atoms with E-state index in [9.17, 15) is 14.4 Å². The van der Waals surface area contributed by atoms with Gasteiger partial charge in [0.15, 0.2) is 0 Å². The first-order chi connectivity index (χ1) is 10.8. The highest BCUT2D eigenvalue weighted by atomic mass is 35.5. The summed E-state index contributed by atoms with van der Waals surface area (Å²) in [5, 5.41) is 14.4. The SMILES string of the molecule is CCC(C)C(NC(=O)c1ccc(Cl)cc1)C(=O)N[C@@H](C)C(=O)O. The molecule has 0 bridgehead atoms. The fourth-order valence-electron chi connectivity index (χ4n) is 1.89. The van der Waals surface area contributed by atoms with Crippen LogP contribution in [0.25, 0.3) is 0 Å². The van der Waals surface area contributed by atoms with Crippen LogP contribution in [-0.4, -0.2) is 35.0 Å². The van der Waals surface area contributed by atoms with E-state index in [2.05, 4.69) is 10.6 Å². The molecule has 3 N–H and O–H groups in total. The van der Waals surface area contributed by atoms with Gasteiger partial charge in [-0.3, -0.25) is 14.4 Å². The Balaban J connectivity index is 2.85. The summed E-state index contributed by atoms with van der Waals surface area (Å²) in [5.41, 5.74) is 0.377. The van der Waals surface area contributed by atoms with Crippen LogP contribution in [0, 0.1) is 5.92 Å². The molecule has 0 radical (unpaired) electrons. The third-order valence-corrected chi connectivity index (χ3v) is 3.87. The summed E-state index contributed by atoms with van der Waals surface area (Å²) >= 11 is 5.78. The Morgan fingerprint density at radius 1 is 1.13 bits per heavy atom. The number of aliphatic carboxylic acids is 1. The molecule has 0 saturated carbocycles. The number of hydrogen-bond acceptors (Lipinski definition) is 3. The summed E-state index contributed by atoms with van der Waals surface area (Å²) in [5.74, 6) is -2.21. The molecule has 2 amide bonds. The number of carbonyl (C=O) groups excluding carboxylic acids is 2. The monoisotopic (exact) mass is 340 g/mol. The molecule has 0 spiro atoms. The van der Waals surface area contributed by atoms with Gasteiger partial charge in [-0.25, -0.2) is 0 Å². The van der Waals surface area contributed by atoms with Gasteiger partial charge in [-0.05, 0) is 37.1 Å². The zero-order valence-corrected chi connectivity index (χ0v) is 14.1. The van der Waals surface area contributed by atoms with Crippen molar-refractivity contribution in [1.29, 1.82) is 0 Å². The maximum atomic E-state index is 12.3. The summed E-state index contributed by atoms with van der Waals surface area (Å²) in [4.78, 5) is 35.4. The fraction of sp³-hybridized carbons (Fsp3) is 0.438. The van der Waals surface area contributed by atoms with Crippen molar-refractivity contribution >= 4 is 29.4 Å². The molecule has 1 aromatic carbocycles. The van der Waals surface area contributed by atoms with Crippen LogP contribution in [0.4, 0.5) is 0 Å². The maximum Gasteiger partial charge on any atom is 0.325 e. The van der Waals surface area contributed by atoms with E-state index in [0.29, 0.717) is 17.0 Å². The topological polar surface area (TPSA) is 95.5 Å². The van der Waals surface area contributed by atoms with E-state index in [1.54, 1.807) is 24.3 Å². The average molecular weight is 341 g/mol. The number of carboxylic acid groups (broad SMARTS) is 1. The van der Waals surface area contributed by atoms with Crippen LogP contribution >= 0.6 is 11.6 Å². The van der Waals surface area contributed by atoms with Gasteiger partial charge >= 0.3 is 5.97 Å². The van der Waals surface area contributed by atoms with Gasteiger partial charge in [-0.2, -0.15) is 0 Å². The summed E-state index contributed by atoms with van der Waals surface area (Å²) in [6.45, 7) is 5.08. The van der Waals surface area contributed by atoms with E-state index in [-0.39, 0.29) is 5.92 Å². The number of rotatable bonds is 7. The molecular formula is C16H21ClN2O4. The summed E-state index contributed by atoms with van der Waals surface area (Å²) in [6, 6.07) is 4.45. The molecular weight excluding hydrogens is 320 g/mol. The minimum Gasteiger partial charge on any atom is -0.480 e. The van der Waals surface area contributed by atoms with E-state index in [0.717, 1.165) is 0 Å². The Labute approximate surface area is 140 Å². The fourth-order valence-corrected chi connectivity index (χ4v) is 2.02. The van der Waals surface area contributed by atoms with Gasteiger partial charge in [0.1, 0.15) is 12.1 Å². The lowest BCUT2D eigenvalue weighted by atomic mass is 9.97. The largest absolute Gasteiger partial charge is 0.480 e. The minimum absolute atomic E-state index is 0.146. The molecule has 0 fully saturated rings. The molecule has 0 aromatic heterocycles. The lowest BCUT2D eigenvalue weighted by molar-refractivity contribution is -0.141. The molecule has 0 saturated heterocycles. The van der Waals surface area contributed by atoms with Crippen LogP contribution in [-0.2, 0) is 9.59 Å². The number of amides is 2. The second-order valence-corrected chi connectivity index (χ2v) is 5.85. The molecule has 6 nitrogen and oxygen atoms in total. The smallest absolute Gasteiger partial charge is 0.325 e. The number of benzene rings is 1. The number of carboxylic acids is 1. The van der Waals surface area contributed by atoms with E-state index >= 15 is 0 Å². The van der Waals surface area contributed by atoms with Gasteiger partial charge in [0.25, 0.3) is 5.91 Å². The number of nitrogens with one attached hydrogen (secondary N) is 2. The van der Waals surface area contributed by atoms with Gasteiger partial charge in [-0.1, -0.05) is 31.9 Å². The van der Waals surface area contributed by atoms with Gasteiger partial charge in [0.2, 0.25) is 5.91 Å². The first-order valence-electron chi connectivity index (χ1n) is 7.35. The van der Waals surface area contributed by atoms with Crippen molar-refractivity contribution in [2.45, 2.75) is 39.3 Å². The van der Waals surface area contributed by atoms with Crippen molar-refractivity contribution in [3.63, 3.8) is 0 Å². The third kappa shape index (κ3) is 5.56. The van der Waals surface area contributed by atoms with Crippen LogP contribution in [0.5, 0.6) is 0 Å². The Morgan fingerprint density at radius 2 is 1.70 bits per heavy atom. The maximum absolute atomic E-state index is 12.3. The molecule has 2 unspecified atom stereocenters. The zero-order chi connectivity index (χ0) is 17.6. The number of hydrogen-bond donors (Lipinski definition) is 3. The zero-order valence-electron chi connectivity index (χ0n) is 13.3. The Kier molecular flexibility index (Phi) is 7.03. The summed E-state index contributed by atoms with van der Waals surface area (Å²) < 4.78 is 0. The van der Waals surface area contributed by atoms with Crippen LogP contribution < -0.4 is 10.6 Å². The number of halogens is 1. The highest BCUT2D eigenvalue weighted by Crippen LogP contribution is 2.12. The van der Waals surface area contributed by atoms with Crippen LogP contribution in [0.15, 0.2) is 24.3 Å². The molecule has 23 heavy (non-hydrogen) atoms. The molecule has 0 heterocycles. The third-order valence-electron chi connectivity index (χ3n) is 3.62. The molecule has 1 aromatic rings. The quantitative estimate of drug-likeness (QED) is 0.708. The first-order valence-corrected chi connectivity index (χ1v) is 7.73. The Bertz CT molecular complexity index is 574. The van der Waals surface area contributed by atoms with E-state index in [4.69, 9.17) is 16.7 Å². The second kappa shape index (κ2) is 8.53.